The van der Waals surface area contributed by atoms with E-state index < -0.39 is 0 Å². The highest BCUT2D eigenvalue weighted by Crippen LogP contribution is 2.45. The summed E-state index contributed by atoms with van der Waals surface area (Å²) in [6.07, 6.45) is 6.93. The van der Waals surface area contributed by atoms with E-state index in [9.17, 15) is 0 Å². The maximum atomic E-state index is 2.52. The Morgan fingerprint density at radius 2 is 1.31 bits per heavy atom. The fraction of sp³-hybridized carbons (Fsp3) is 0.0588. The highest BCUT2D eigenvalue weighted by Gasteiger charge is 2.23. The normalized spacial score (nSPS) is 14.3. The second kappa shape index (κ2) is 5.80. The van der Waals surface area contributed by atoms with E-state index in [-0.39, 0.29) is 0 Å². The first-order valence-electron chi connectivity index (χ1n) is 12.9. The third kappa shape index (κ3) is 1.82. The summed E-state index contributed by atoms with van der Waals surface area (Å²) in [6.45, 7) is 0. The summed E-state index contributed by atoms with van der Waals surface area (Å²) in [5.41, 5.74) is 9.51. The van der Waals surface area contributed by atoms with Gasteiger partial charge in [-0.25, -0.2) is 0 Å². The maximum absolute atomic E-state index is 2.52. The Morgan fingerprint density at radius 1 is 0.528 bits per heavy atom. The second-order valence-corrected chi connectivity index (χ2v) is 10.4. The molecule has 0 saturated heterocycles. The quantitative estimate of drug-likeness (QED) is 0.215. The van der Waals surface area contributed by atoms with Crippen molar-refractivity contribution in [1.82, 2.24) is 8.80 Å². The van der Waals surface area contributed by atoms with Gasteiger partial charge in [0.2, 0.25) is 0 Å². The fourth-order valence-corrected chi connectivity index (χ4v) is 7.44. The molecule has 0 atom stereocenters. The van der Waals surface area contributed by atoms with Crippen molar-refractivity contribution in [2.24, 2.45) is 0 Å². The van der Waals surface area contributed by atoms with Crippen LogP contribution in [0.3, 0.4) is 0 Å². The van der Waals surface area contributed by atoms with Crippen LogP contribution in [0.5, 0.6) is 0 Å². The molecule has 0 spiro atoms. The van der Waals surface area contributed by atoms with Crippen molar-refractivity contribution in [1.29, 1.82) is 0 Å². The number of hydrogen-bond donors (Lipinski definition) is 0. The SMILES string of the molecule is C1=Cc2c(c3cccc4c5c6cc7c8cccc9c%10ccccc%10n(c7cc6ccc5n2c34)c98)CC1. The average Bonchev–Trinajstić information content (AvgIpc) is 3.65. The lowest BCUT2D eigenvalue weighted by atomic mass is 9.97. The van der Waals surface area contributed by atoms with Crippen LogP contribution in [0.1, 0.15) is 17.7 Å². The van der Waals surface area contributed by atoms with E-state index in [4.69, 9.17) is 0 Å². The monoisotopic (exact) mass is 456 g/mol. The topological polar surface area (TPSA) is 8.82 Å². The molecule has 0 unspecified atom stereocenters. The number of aryl methyl sites for hydroxylation is 1. The van der Waals surface area contributed by atoms with Crippen molar-refractivity contribution >= 4 is 82.1 Å². The highest BCUT2D eigenvalue weighted by molar-refractivity contribution is 6.29. The molecule has 0 radical (unpaired) electrons. The summed E-state index contributed by atoms with van der Waals surface area (Å²) >= 11 is 0. The van der Waals surface area contributed by atoms with Crippen molar-refractivity contribution in [2.45, 2.75) is 12.8 Å². The summed E-state index contributed by atoms with van der Waals surface area (Å²) in [5, 5.41) is 12.2. The lowest BCUT2D eigenvalue weighted by Crippen LogP contribution is -1.94. The van der Waals surface area contributed by atoms with Crippen LogP contribution in [0, 0.1) is 0 Å². The number of para-hydroxylation sites is 3. The Labute approximate surface area is 205 Å². The van der Waals surface area contributed by atoms with E-state index in [0.717, 1.165) is 12.8 Å². The Bertz CT molecular complexity index is 2410. The van der Waals surface area contributed by atoms with Gasteiger partial charge in [-0.3, -0.25) is 0 Å². The molecule has 10 rings (SSSR count). The summed E-state index contributed by atoms with van der Waals surface area (Å²) in [6, 6.07) is 32.0. The number of allylic oxidation sites excluding steroid dienone is 1. The molecule has 36 heavy (non-hydrogen) atoms. The Balaban J connectivity index is 1.46. The van der Waals surface area contributed by atoms with Crippen LogP contribution in [0.25, 0.3) is 82.1 Å². The molecule has 9 aromatic rings. The molecule has 0 fully saturated rings. The summed E-state index contributed by atoms with van der Waals surface area (Å²) in [4.78, 5) is 0. The molecule has 0 saturated carbocycles. The predicted octanol–water partition coefficient (Wildman–Crippen LogP) is 8.95. The first kappa shape index (κ1) is 17.8. The van der Waals surface area contributed by atoms with Gasteiger partial charge in [0, 0.05) is 43.4 Å². The molecule has 1 aliphatic carbocycles. The molecule has 0 N–H and O–H groups in total. The van der Waals surface area contributed by atoms with Gasteiger partial charge in [-0.1, -0.05) is 66.7 Å². The number of nitrogens with zero attached hydrogens (tertiary/aromatic N) is 2. The third-order valence-electron chi connectivity index (χ3n) is 8.82. The van der Waals surface area contributed by atoms with Crippen molar-refractivity contribution in [2.75, 3.05) is 0 Å². The first-order valence-corrected chi connectivity index (χ1v) is 12.9. The molecular formula is C34H20N2. The van der Waals surface area contributed by atoms with E-state index in [1.807, 2.05) is 0 Å². The minimum Gasteiger partial charge on any atom is -0.308 e. The first-order chi connectivity index (χ1) is 17.9. The smallest absolute Gasteiger partial charge is 0.0620 e. The molecule has 4 heterocycles. The van der Waals surface area contributed by atoms with Gasteiger partial charge in [-0.05, 0) is 59.5 Å². The maximum Gasteiger partial charge on any atom is 0.0620 e. The Kier molecular flexibility index (Phi) is 2.87. The van der Waals surface area contributed by atoms with Crippen LogP contribution in [-0.2, 0) is 6.42 Å². The predicted molar refractivity (Wildman–Crippen MR) is 153 cm³/mol. The van der Waals surface area contributed by atoms with E-state index in [1.165, 1.54) is 87.3 Å². The van der Waals surface area contributed by atoms with Gasteiger partial charge in [0.05, 0.1) is 27.6 Å². The number of aromatic nitrogens is 2. The van der Waals surface area contributed by atoms with Crippen LogP contribution in [0.15, 0.2) is 91.0 Å². The number of hydrogen-bond acceptors (Lipinski definition) is 0. The number of benzene rings is 5. The zero-order chi connectivity index (χ0) is 23.1. The number of rotatable bonds is 0. The molecular weight excluding hydrogens is 436 g/mol. The van der Waals surface area contributed by atoms with E-state index in [0.29, 0.717) is 0 Å². The summed E-state index contributed by atoms with van der Waals surface area (Å²) in [7, 11) is 0. The number of fused-ring (bicyclic) bond motifs is 14. The Morgan fingerprint density at radius 3 is 2.25 bits per heavy atom. The van der Waals surface area contributed by atoms with Crippen LogP contribution in [0.2, 0.25) is 0 Å². The molecule has 2 nitrogen and oxygen atoms in total. The minimum absolute atomic E-state index is 1.13. The lowest BCUT2D eigenvalue weighted by molar-refractivity contribution is 0.984. The second-order valence-electron chi connectivity index (χ2n) is 10.4. The third-order valence-corrected chi connectivity index (χ3v) is 8.82. The van der Waals surface area contributed by atoms with E-state index >= 15 is 0 Å². The summed E-state index contributed by atoms with van der Waals surface area (Å²) < 4.78 is 5.00. The van der Waals surface area contributed by atoms with Gasteiger partial charge in [0.1, 0.15) is 0 Å². The Hall–Kier alpha value is -4.56. The molecule has 4 aromatic heterocycles. The van der Waals surface area contributed by atoms with Crippen molar-refractivity contribution < 1.29 is 0 Å². The fourth-order valence-electron chi connectivity index (χ4n) is 7.44. The van der Waals surface area contributed by atoms with E-state index in [1.54, 1.807) is 0 Å². The molecule has 2 heteroatoms. The minimum atomic E-state index is 1.13. The lowest BCUT2D eigenvalue weighted by Gasteiger charge is -2.08. The standard InChI is InChI=1S/C34H20N2/c1-3-13-28-21(8-1)23-10-6-12-25-32-26-18-27-24-11-5-9-22-20-7-2-4-14-29(20)36(33(22)24)31(27)17-19(26)15-16-30(32)35(28)34(23)25/h2-7,9-18H,1,8H2. The van der Waals surface area contributed by atoms with Crippen LogP contribution in [0.4, 0.5) is 0 Å². The molecule has 1 aliphatic rings. The van der Waals surface area contributed by atoms with Crippen molar-refractivity contribution in [3.8, 4) is 0 Å². The zero-order valence-electron chi connectivity index (χ0n) is 19.5. The van der Waals surface area contributed by atoms with Gasteiger partial charge < -0.3 is 8.80 Å². The average molecular weight is 457 g/mol. The van der Waals surface area contributed by atoms with Crippen LogP contribution in [-0.4, -0.2) is 8.80 Å². The van der Waals surface area contributed by atoms with Crippen molar-refractivity contribution in [3.05, 3.63) is 102 Å². The van der Waals surface area contributed by atoms with Gasteiger partial charge >= 0.3 is 0 Å². The van der Waals surface area contributed by atoms with Gasteiger partial charge in [-0.2, -0.15) is 0 Å². The highest BCUT2D eigenvalue weighted by atomic mass is 14.9. The summed E-state index contributed by atoms with van der Waals surface area (Å²) in [5.74, 6) is 0. The van der Waals surface area contributed by atoms with Gasteiger partial charge in [0.25, 0.3) is 0 Å². The molecule has 0 amide bonds. The van der Waals surface area contributed by atoms with Crippen LogP contribution < -0.4 is 0 Å². The van der Waals surface area contributed by atoms with Gasteiger partial charge in [0.15, 0.2) is 0 Å². The largest absolute Gasteiger partial charge is 0.308 e. The molecule has 0 aliphatic heterocycles. The van der Waals surface area contributed by atoms with Crippen molar-refractivity contribution in [3.63, 3.8) is 0 Å². The van der Waals surface area contributed by atoms with E-state index in [2.05, 4.69) is 106 Å². The van der Waals surface area contributed by atoms with Gasteiger partial charge in [-0.15, -0.1) is 0 Å². The zero-order valence-corrected chi connectivity index (χ0v) is 19.5. The van der Waals surface area contributed by atoms with Crippen LogP contribution >= 0.6 is 0 Å². The molecule has 5 aromatic carbocycles. The molecule has 0 bridgehead atoms. The molecule has 166 valence electrons.